The second-order valence-electron chi connectivity index (χ2n) is 8.51. The fraction of sp³-hybridized carbons (Fsp3) is 0.682. The summed E-state index contributed by atoms with van der Waals surface area (Å²) >= 11 is 0. The molecule has 148 valence electrons. The van der Waals surface area contributed by atoms with Gasteiger partial charge in [-0.15, -0.1) is 0 Å². The molecule has 27 heavy (non-hydrogen) atoms. The van der Waals surface area contributed by atoms with E-state index in [0.29, 0.717) is 6.04 Å². The smallest absolute Gasteiger partial charge is 0.302 e. The van der Waals surface area contributed by atoms with Crippen molar-refractivity contribution in [2.24, 2.45) is 5.41 Å². The molecular weight excluding hydrogens is 342 g/mol. The summed E-state index contributed by atoms with van der Waals surface area (Å²) in [6.45, 7) is 4.93. The Morgan fingerprint density at radius 3 is 2.63 bits per heavy atom. The maximum absolute atomic E-state index is 11.8. The predicted molar refractivity (Wildman–Crippen MR) is 103 cm³/mol. The SMILES string of the molecule is COc1cc2c(cc1OC)[C@H]1C[C@@H](OC(C)=O)[C@]3(C)CCCCC3N1CC2. The number of ether oxygens (including phenoxy) is 3. The van der Waals surface area contributed by atoms with E-state index in [1.165, 1.54) is 37.3 Å². The van der Waals surface area contributed by atoms with Crippen molar-refractivity contribution in [2.75, 3.05) is 20.8 Å². The zero-order chi connectivity index (χ0) is 19.2. The van der Waals surface area contributed by atoms with Crippen LogP contribution in [0.5, 0.6) is 11.5 Å². The lowest BCUT2D eigenvalue weighted by Gasteiger charge is -2.58. The Morgan fingerprint density at radius 1 is 1.19 bits per heavy atom. The van der Waals surface area contributed by atoms with Crippen LogP contribution in [-0.4, -0.2) is 43.8 Å². The Hall–Kier alpha value is -1.75. The first kappa shape index (κ1) is 18.6. The van der Waals surface area contributed by atoms with E-state index in [4.69, 9.17) is 14.2 Å². The van der Waals surface area contributed by atoms with Crippen LogP contribution in [0.15, 0.2) is 12.1 Å². The lowest BCUT2D eigenvalue weighted by atomic mass is 9.62. The van der Waals surface area contributed by atoms with E-state index in [0.717, 1.165) is 37.3 Å². The van der Waals surface area contributed by atoms with Crippen LogP contribution in [0.25, 0.3) is 0 Å². The summed E-state index contributed by atoms with van der Waals surface area (Å²) < 4.78 is 17.0. The third-order valence-electron chi connectivity index (χ3n) is 7.13. The van der Waals surface area contributed by atoms with Crippen LogP contribution >= 0.6 is 0 Å². The number of methoxy groups -OCH3 is 2. The van der Waals surface area contributed by atoms with Gasteiger partial charge in [-0.1, -0.05) is 19.8 Å². The quantitative estimate of drug-likeness (QED) is 0.753. The molecule has 0 radical (unpaired) electrons. The average Bonchev–Trinajstić information content (AvgIpc) is 2.66. The standard InChI is InChI=1S/C22H31NO4/c1-14(24)27-21-13-17-16-12-19(26-4)18(25-3)11-15(16)8-10-23(17)20-7-5-6-9-22(20,21)2/h11-12,17,20-21H,5-10,13H2,1-4H3/t17-,20?,21-,22-/m1/s1. The first-order valence-corrected chi connectivity index (χ1v) is 10.2. The molecule has 4 rings (SSSR count). The van der Waals surface area contributed by atoms with Crippen LogP contribution in [0, 0.1) is 5.41 Å². The number of nitrogens with zero attached hydrogens (tertiary/aromatic N) is 1. The number of piperidine rings is 1. The van der Waals surface area contributed by atoms with Crippen LogP contribution in [0.2, 0.25) is 0 Å². The van der Waals surface area contributed by atoms with E-state index in [1.807, 2.05) is 0 Å². The molecule has 5 heteroatoms. The average molecular weight is 373 g/mol. The molecule has 3 aliphatic rings. The monoisotopic (exact) mass is 373 g/mol. The largest absolute Gasteiger partial charge is 0.493 e. The summed E-state index contributed by atoms with van der Waals surface area (Å²) in [5.41, 5.74) is 2.69. The van der Waals surface area contributed by atoms with Gasteiger partial charge in [0, 0.05) is 37.4 Å². The second-order valence-corrected chi connectivity index (χ2v) is 8.51. The lowest BCUT2D eigenvalue weighted by molar-refractivity contribution is -0.176. The summed E-state index contributed by atoms with van der Waals surface area (Å²) in [5, 5.41) is 0. The minimum Gasteiger partial charge on any atom is -0.493 e. The third kappa shape index (κ3) is 3.00. The highest BCUT2D eigenvalue weighted by Gasteiger charge is 2.54. The van der Waals surface area contributed by atoms with Crippen molar-refractivity contribution < 1.29 is 19.0 Å². The highest BCUT2D eigenvalue weighted by Crippen LogP contribution is 2.54. The van der Waals surface area contributed by atoms with Crippen LogP contribution in [0.3, 0.4) is 0 Å². The maximum Gasteiger partial charge on any atom is 0.302 e. The van der Waals surface area contributed by atoms with Crippen molar-refractivity contribution in [1.82, 2.24) is 4.90 Å². The first-order chi connectivity index (χ1) is 13.0. The van der Waals surface area contributed by atoms with Gasteiger partial charge in [-0.05, 0) is 42.5 Å². The summed E-state index contributed by atoms with van der Waals surface area (Å²) in [5.74, 6) is 1.40. The topological polar surface area (TPSA) is 48.0 Å². The highest BCUT2D eigenvalue weighted by atomic mass is 16.5. The van der Waals surface area contributed by atoms with Gasteiger partial charge in [0.25, 0.3) is 0 Å². The van der Waals surface area contributed by atoms with Crippen LogP contribution < -0.4 is 9.47 Å². The first-order valence-electron chi connectivity index (χ1n) is 10.2. The van der Waals surface area contributed by atoms with E-state index in [2.05, 4.69) is 24.0 Å². The second kappa shape index (κ2) is 7.01. The molecule has 0 amide bonds. The van der Waals surface area contributed by atoms with Crippen molar-refractivity contribution in [3.63, 3.8) is 0 Å². The molecule has 2 heterocycles. The maximum atomic E-state index is 11.8. The van der Waals surface area contributed by atoms with E-state index < -0.39 is 0 Å². The molecule has 2 aliphatic heterocycles. The molecule has 1 saturated carbocycles. The number of hydrogen-bond donors (Lipinski definition) is 0. The van der Waals surface area contributed by atoms with Gasteiger partial charge in [0.05, 0.1) is 14.2 Å². The van der Waals surface area contributed by atoms with E-state index in [1.54, 1.807) is 14.2 Å². The molecule has 1 aliphatic carbocycles. The molecule has 1 aromatic carbocycles. The van der Waals surface area contributed by atoms with Gasteiger partial charge >= 0.3 is 5.97 Å². The molecule has 4 atom stereocenters. The summed E-state index contributed by atoms with van der Waals surface area (Å²) in [4.78, 5) is 14.5. The van der Waals surface area contributed by atoms with Crippen molar-refractivity contribution >= 4 is 5.97 Å². The number of fused-ring (bicyclic) bond motifs is 5. The molecule has 1 saturated heterocycles. The minimum absolute atomic E-state index is 0.0272. The lowest BCUT2D eigenvalue weighted by Crippen LogP contribution is -2.62. The van der Waals surface area contributed by atoms with Gasteiger partial charge in [0.15, 0.2) is 11.5 Å². The Morgan fingerprint density at radius 2 is 1.93 bits per heavy atom. The Kier molecular flexibility index (Phi) is 4.83. The predicted octanol–water partition coefficient (Wildman–Crippen LogP) is 3.89. The van der Waals surface area contributed by atoms with E-state index in [-0.39, 0.29) is 23.5 Å². The van der Waals surface area contributed by atoms with Gasteiger partial charge in [0.1, 0.15) is 6.10 Å². The zero-order valence-electron chi connectivity index (χ0n) is 16.9. The minimum atomic E-state index is -0.164. The van der Waals surface area contributed by atoms with Gasteiger partial charge in [0.2, 0.25) is 0 Å². The fourth-order valence-corrected chi connectivity index (χ4v) is 5.80. The van der Waals surface area contributed by atoms with Gasteiger partial charge in [-0.3, -0.25) is 9.69 Å². The van der Waals surface area contributed by atoms with Gasteiger partial charge in [-0.25, -0.2) is 0 Å². The Bertz CT molecular complexity index is 733. The van der Waals surface area contributed by atoms with Gasteiger partial charge < -0.3 is 14.2 Å². The zero-order valence-corrected chi connectivity index (χ0v) is 16.9. The number of carbonyl (C=O) groups is 1. The molecule has 1 aromatic rings. The molecular formula is C22H31NO4. The Balaban J connectivity index is 1.75. The summed E-state index contributed by atoms with van der Waals surface area (Å²) in [6.07, 6.45) is 6.66. The molecule has 0 bridgehead atoms. The molecule has 2 fully saturated rings. The van der Waals surface area contributed by atoms with E-state index in [9.17, 15) is 4.79 Å². The molecule has 0 aromatic heterocycles. The summed E-state index contributed by atoms with van der Waals surface area (Å²) in [7, 11) is 3.37. The van der Waals surface area contributed by atoms with Gasteiger partial charge in [-0.2, -0.15) is 0 Å². The fourth-order valence-electron chi connectivity index (χ4n) is 5.80. The van der Waals surface area contributed by atoms with Crippen molar-refractivity contribution in [1.29, 1.82) is 0 Å². The molecule has 0 spiro atoms. The number of hydrogen-bond acceptors (Lipinski definition) is 5. The highest BCUT2D eigenvalue weighted by molar-refractivity contribution is 5.66. The van der Waals surface area contributed by atoms with Crippen LogP contribution in [-0.2, 0) is 16.0 Å². The van der Waals surface area contributed by atoms with Crippen molar-refractivity contribution in [3.05, 3.63) is 23.3 Å². The van der Waals surface area contributed by atoms with Crippen LogP contribution in [0.4, 0.5) is 0 Å². The number of carbonyl (C=O) groups excluding carboxylic acids is 1. The van der Waals surface area contributed by atoms with Crippen LogP contribution in [0.1, 0.15) is 63.1 Å². The Labute approximate surface area is 162 Å². The van der Waals surface area contributed by atoms with Crippen molar-refractivity contribution in [3.8, 4) is 11.5 Å². The summed E-state index contributed by atoms with van der Waals surface area (Å²) in [6, 6.07) is 5.01. The van der Waals surface area contributed by atoms with E-state index >= 15 is 0 Å². The number of benzene rings is 1. The normalized spacial score (nSPS) is 32.7. The molecule has 1 unspecified atom stereocenters. The number of rotatable bonds is 3. The van der Waals surface area contributed by atoms with Crippen molar-refractivity contribution in [2.45, 2.75) is 70.6 Å². The number of esters is 1. The molecule has 5 nitrogen and oxygen atoms in total. The third-order valence-corrected chi connectivity index (χ3v) is 7.13. The molecule has 0 N–H and O–H groups in total.